The van der Waals surface area contributed by atoms with Crippen LogP contribution in [0.3, 0.4) is 0 Å². The maximum Gasteiger partial charge on any atom is 0.318 e. The summed E-state index contributed by atoms with van der Waals surface area (Å²) in [5.41, 5.74) is 7.62. The van der Waals surface area contributed by atoms with Crippen LogP contribution in [0.15, 0.2) is 6.07 Å². The van der Waals surface area contributed by atoms with Gasteiger partial charge < -0.3 is 20.1 Å². The summed E-state index contributed by atoms with van der Waals surface area (Å²) in [6, 6.07) is 4.17. The van der Waals surface area contributed by atoms with E-state index in [9.17, 15) is 9.65 Å². The molecule has 5 aliphatic rings. The fraction of sp³-hybridized carbons (Fsp3) is 0.645. The molecule has 7 rings (SSSR count). The molecule has 1 aromatic heterocycles. The summed E-state index contributed by atoms with van der Waals surface area (Å²) in [6.07, 6.45) is 6.44. The molecule has 2 N–H and O–H groups in total. The number of anilines is 2. The minimum atomic E-state index is -0.939. The molecule has 224 valence electrons. The van der Waals surface area contributed by atoms with Crippen molar-refractivity contribution in [2.24, 2.45) is 5.92 Å². The molecule has 2 aromatic rings. The molecule has 5 heterocycles. The number of hydrogen-bond donors (Lipinski definition) is 1. The Morgan fingerprint density at radius 1 is 1.17 bits per heavy atom. The standard InChI is InChI=1S/C31H37ClF2N6O2/c32-23-12-24(36)27(34)26-21(23)5-1-8-31(26)14-25-22(17-42-31)28(39-9-2-4-19(15-35)6-11-39)38-29(37-25)41-18-30-7-3-10-40(30)16-20(33)13-30/h12,19-20H,1-11,13-14,16-18,36H2/t19-,20-,30?,31+/m1/s1. The monoisotopic (exact) mass is 598 g/mol. The van der Waals surface area contributed by atoms with Crippen molar-refractivity contribution < 1.29 is 18.3 Å². The number of ether oxygens (including phenoxy) is 2. The van der Waals surface area contributed by atoms with Crippen molar-refractivity contribution in [3.8, 4) is 12.1 Å². The molecule has 8 nitrogen and oxygen atoms in total. The van der Waals surface area contributed by atoms with E-state index in [0.717, 1.165) is 74.3 Å². The first-order chi connectivity index (χ1) is 20.3. The average Bonchev–Trinajstić information content (AvgIpc) is 3.38. The number of benzene rings is 1. The van der Waals surface area contributed by atoms with Crippen LogP contribution in [0.1, 0.15) is 73.8 Å². The predicted octanol–water partition coefficient (Wildman–Crippen LogP) is 5.24. The SMILES string of the molecule is N#C[C@@H]1CCCN(c2nc(OCC34CCCN3C[C@H](F)C4)nc3c2CO[C@@]2(CCCc4c(Cl)cc(N)c(F)c42)C3)CC1. The van der Waals surface area contributed by atoms with Crippen LogP contribution < -0.4 is 15.4 Å². The third-order valence-electron chi connectivity index (χ3n) is 10.2. The molecule has 11 heteroatoms. The first-order valence-corrected chi connectivity index (χ1v) is 15.7. The zero-order valence-electron chi connectivity index (χ0n) is 23.8. The molecule has 0 radical (unpaired) electrons. The Kier molecular flexibility index (Phi) is 7.19. The number of hydrogen-bond acceptors (Lipinski definition) is 8. The van der Waals surface area contributed by atoms with Crippen molar-refractivity contribution in [2.45, 2.75) is 88.1 Å². The molecule has 1 spiro atoms. The smallest absolute Gasteiger partial charge is 0.318 e. The topological polar surface area (TPSA) is 101 Å². The Morgan fingerprint density at radius 3 is 2.90 bits per heavy atom. The first kappa shape index (κ1) is 28.1. The van der Waals surface area contributed by atoms with E-state index in [1.807, 2.05) is 0 Å². The molecule has 3 fully saturated rings. The Labute approximate surface area is 250 Å². The molecule has 1 aliphatic carbocycles. The van der Waals surface area contributed by atoms with E-state index in [1.54, 1.807) is 0 Å². The number of nitriles is 1. The molecule has 42 heavy (non-hydrogen) atoms. The van der Waals surface area contributed by atoms with Crippen LogP contribution in [0, 0.1) is 23.1 Å². The van der Waals surface area contributed by atoms with E-state index in [2.05, 4.69) is 15.9 Å². The number of alkyl halides is 1. The van der Waals surface area contributed by atoms with Crippen LogP contribution in [0.25, 0.3) is 0 Å². The quantitative estimate of drug-likeness (QED) is 0.477. The second kappa shape index (κ2) is 10.8. The van der Waals surface area contributed by atoms with Gasteiger partial charge in [0, 0.05) is 54.5 Å². The zero-order valence-corrected chi connectivity index (χ0v) is 24.6. The minimum absolute atomic E-state index is 0.0153. The Morgan fingerprint density at radius 2 is 2.05 bits per heavy atom. The highest BCUT2D eigenvalue weighted by Gasteiger charge is 2.50. The number of fused-ring (bicyclic) bond motifs is 4. The molecule has 4 aliphatic heterocycles. The second-order valence-electron chi connectivity index (χ2n) is 12.8. The third-order valence-corrected chi connectivity index (χ3v) is 10.6. The normalized spacial score (nSPS) is 30.9. The number of rotatable bonds is 4. The maximum absolute atomic E-state index is 15.7. The Bertz CT molecular complexity index is 1440. The summed E-state index contributed by atoms with van der Waals surface area (Å²) in [5, 5.41) is 10.0. The fourth-order valence-electron chi connectivity index (χ4n) is 8.13. The number of nitrogens with two attached hydrogens (primary N) is 1. The van der Waals surface area contributed by atoms with Gasteiger partial charge in [0.2, 0.25) is 0 Å². The van der Waals surface area contributed by atoms with Gasteiger partial charge in [0.1, 0.15) is 24.2 Å². The molecule has 1 unspecified atom stereocenters. The van der Waals surface area contributed by atoms with Gasteiger partial charge in [0.05, 0.1) is 29.6 Å². The molecule has 4 atom stereocenters. The van der Waals surface area contributed by atoms with E-state index >= 15 is 4.39 Å². The van der Waals surface area contributed by atoms with Gasteiger partial charge in [-0.3, -0.25) is 4.90 Å². The van der Waals surface area contributed by atoms with Gasteiger partial charge in [0.25, 0.3) is 0 Å². The second-order valence-corrected chi connectivity index (χ2v) is 13.2. The van der Waals surface area contributed by atoms with Crippen LogP contribution in [0.4, 0.5) is 20.3 Å². The van der Waals surface area contributed by atoms with E-state index in [1.165, 1.54) is 6.07 Å². The van der Waals surface area contributed by atoms with Crippen LogP contribution >= 0.6 is 11.6 Å². The van der Waals surface area contributed by atoms with Crippen LogP contribution in [0.2, 0.25) is 5.02 Å². The minimum Gasteiger partial charge on any atom is -0.461 e. The molecule has 0 bridgehead atoms. The van der Waals surface area contributed by atoms with Crippen molar-refractivity contribution in [3.05, 3.63) is 39.3 Å². The van der Waals surface area contributed by atoms with Gasteiger partial charge in [-0.05, 0) is 69.5 Å². The van der Waals surface area contributed by atoms with Gasteiger partial charge in [0.15, 0.2) is 5.82 Å². The van der Waals surface area contributed by atoms with Crippen molar-refractivity contribution in [2.75, 3.05) is 43.4 Å². The van der Waals surface area contributed by atoms with Crippen LogP contribution in [-0.2, 0) is 29.8 Å². The van der Waals surface area contributed by atoms with Gasteiger partial charge in [-0.15, -0.1) is 0 Å². The van der Waals surface area contributed by atoms with Crippen LogP contribution in [0.5, 0.6) is 6.01 Å². The average molecular weight is 599 g/mol. The molecular formula is C31H37ClF2N6O2. The summed E-state index contributed by atoms with van der Waals surface area (Å²) < 4.78 is 43.1. The Balaban J connectivity index is 1.26. The van der Waals surface area contributed by atoms with Gasteiger partial charge in [-0.1, -0.05) is 11.6 Å². The highest BCUT2D eigenvalue weighted by atomic mass is 35.5. The molecular weight excluding hydrogens is 562 g/mol. The third kappa shape index (κ3) is 4.68. The summed E-state index contributed by atoms with van der Waals surface area (Å²) in [4.78, 5) is 14.3. The molecule has 0 amide bonds. The highest BCUT2D eigenvalue weighted by Crippen LogP contribution is 2.49. The molecule has 0 saturated carbocycles. The fourth-order valence-corrected chi connectivity index (χ4v) is 8.44. The highest BCUT2D eigenvalue weighted by molar-refractivity contribution is 6.31. The lowest BCUT2D eigenvalue weighted by Crippen LogP contribution is -2.44. The maximum atomic E-state index is 15.7. The van der Waals surface area contributed by atoms with Gasteiger partial charge in [-0.25, -0.2) is 8.78 Å². The zero-order chi connectivity index (χ0) is 29.1. The number of halogens is 3. The van der Waals surface area contributed by atoms with Gasteiger partial charge >= 0.3 is 6.01 Å². The number of aromatic nitrogens is 2. The van der Waals surface area contributed by atoms with E-state index in [-0.39, 0.29) is 29.8 Å². The van der Waals surface area contributed by atoms with Crippen molar-refractivity contribution >= 4 is 23.1 Å². The molecule has 1 aromatic carbocycles. The number of nitrogen functional groups attached to an aromatic ring is 1. The number of nitrogens with zero attached hydrogens (tertiary/aromatic N) is 5. The summed E-state index contributed by atoms with van der Waals surface area (Å²) >= 11 is 6.56. The lowest BCUT2D eigenvalue weighted by molar-refractivity contribution is -0.0876. The summed E-state index contributed by atoms with van der Waals surface area (Å²) in [6.45, 7) is 3.33. The van der Waals surface area contributed by atoms with E-state index in [0.29, 0.717) is 56.0 Å². The van der Waals surface area contributed by atoms with Crippen molar-refractivity contribution in [1.82, 2.24) is 14.9 Å². The summed E-state index contributed by atoms with van der Waals surface area (Å²) in [7, 11) is 0. The van der Waals surface area contributed by atoms with E-state index in [4.69, 9.17) is 36.8 Å². The lowest BCUT2D eigenvalue weighted by Gasteiger charge is -2.43. The largest absolute Gasteiger partial charge is 0.461 e. The van der Waals surface area contributed by atoms with Crippen molar-refractivity contribution in [3.63, 3.8) is 0 Å². The van der Waals surface area contributed by atoms with E-state index < -0.39 is 17.6 Å². The first-order valence-electron chi connectivity index (χ1n) is 15.3. The Hall–Kier alpha value is -2.74. The predicted molar refractivity (Wildman–Crippen MR) is 155 cm³/mol. The van der Waals surface area contributed by atoms with Crippen LogP contribution in [-0.4, -0.2) is 59.4 Å². The van der Waals surface area contributed by atoms with Gasteiger partial charge in [-0.2, -0.15) is 15.2 Å². The van der Waals surface area contributed by atoms with Crippen molar-refractivity contribution in [1.29, 1.82) is 5.26 Å². The summed E-state index contributed by atoms with van der Waals surface area (Å²) in [5.74, 6) is 0.296. The molecule has 3 saturated heterocycles. The lowest BCUT2D eigenvalue weighted by atomic mass is 9.74.